The molecule has 1 aromatic heterocycles. The molecule has 5 nitrogen and oxygen atoms in total. The van der Waals surface area contributed by atoms with E-state index in [2.05, 4.69) is 15.6 Å². The van der Waals surface area contributed by atoms with Crippen LogP contribution in [0.2, 0.25) is 0 Å². The zero-order chi connectivity index (χ0) is 21.3. The summed E-state index contributed by atoms with van der Waals surface area (Å²) in [5.41, 5.74) is 5.18. The van der Waals surface area contributed by atoms with Gasteiger partial charge in [0.15, 0.2) is 10.7 Å². The minimum atomic E-state index is -0.491. The SMILES string of the molecule is Cc1ccc2nc(-c3ccc(C)c(NC(=S)NC(=O)c4cccc(F)c4)c3)oc2c1. The number of aryl methyl sites for hydroxylation is 2. The maximum absolute atomic E-state index is 13.3. The van der Waals surface area contributed by atoms with Gasteiger partial charge in [-0.3, -0.25) is 10.1 Å². The Labute approximate surface area is 177 Å². The third kappa shape index (κ3) is 4.21. The zero-order valence-electron chi connectivity index (χ0n) is 16.3. The molecule has 4 rings (SSSR count). The second kappa shape index (κ2) is 8.04. The molecule has 150 valence electrons. The number of rotatable bonds is 3. The summed E-state index contributed by atoms with van der Waals surface area (Å²) in [4.78, 5) is 16.8. The number of fused-ring (bicyclic) bond motifs is 1. The minimum absolute atomic E-state index is 0.109. The number of aromatic nitrogens is 1. The van der Waals surface area contributed by atoms with Crippen LogP contribution >= 0.6 is 12.2 Å². The Kier molecular flexibility index (Phi) is 5.29. The molecule has 0 aliphatic carbocycles. The Balaban J connectivity index is 1.54. The Bertz CT molecular complexity index is 1280. The third-order valence-electron chi connectivity index (χ3n) is 4.59. The summed E-state index contributed by atoms with van der Waals surface area (Å²) in [6.45, 7) is 3.91. The number of nitrogens with zero attached hydrogens (tertiary/aromatic N) is 1. The van der Waals surface area contributed by atoms with Crippen LogP contribution in [0.4, 0.5) is 10.1 Å². The number of anilines is 1. The molecule has 0 saturated heterocycles. The van der Waals surface area contributed by atoms with E-state index < -0.39 is 11.7 Å². The van der Waals surface area contributed by atoms with E-state index in [4.69, 9.17) is 16.6 Å². The Morgan fingerprint density at radius 3 is 2.70 bits per heavy atom. The molecule has 30 heavy (non-hydrogen) atoms. The van der Waals surface area contributed by atoms with Crippen LogP contribution < -0.4 is 10.6 Å². The number of hydrogen-bond donors (Lipinski definition) is 2. The van der Waals surface area contributed by atoms with Crippen LogP contribution in [0.25, 0.3) is 22.6 Å². The van der Waals surface area contributed by atoms with E-state index in [1.165, 1.54) is 18.2 Å². The van der Waals surface area contributed by atoms with Gasteiger partial charge in [-0.1, -0.05) is 18.2 Å². The van der Waals surface area contributed by atoms with Gasteiger partial charge in [0.05, 0.1) is 0 Å². The summed E-state index contributed by atoms with van der Waals surface area (Å²) < 4.78 is 19.2. The van der Waals surface area contributed by atoms with Crippen LogP contribution in [-0.4, -0.2) is 16.0 Å². The van der Waals surface area contributed by atoms with Crippen molar-refractivity contribution in [2.45, 2.75) is 13.8 Å². The molecule has 0 spiro atoms. The third-order valence-corrected chi connectivity index (χ3v) is 4.79. The molecular weight excluding hydrogens is 401 g/mol. The molecule has 0 bridgehead atoms. The second-order valence-corrected chi connectivity index (χ2v) is 7.35. The highest BCUT2D eigenvalue weighted by molar-refractivity contribution is 7.80. The fourth-order valence-electron chi connectivity index (χ4n) is 3.00. The molecule has 1 amide bonds. The van der Waals surface area contributed by atoms with Crippen molar-refractivity contribution in [3.63, 3.8) is 0 Å². The fourth-order valence-corrected chi connectivity index (χ4v) is 3.21. The highest BCUT2D eigenvalue weighted by atomic mass is 32.1. The first-order valence-corrected chi connectivity index (χ1v) is 9.66. The standard InChI is InChI=1S/C23H18FN3O2S/c1-13-6-9-18-20(10-13)29-22(25-18)16-8-7-14(2)19(12-16)26-23(30)27-21(28)15-4-3-5-17(24)11-15/h3-12H,1-2H3,(H2,26,27,28,30). The van der Waals surface area contributed by atoms with E-state index in [-0.39, 0.29) is 10.7 Å². The van der Waals surface area contributed by atoms with Gasteiger partial charge in [-0.25, -0.2) is 9.37 Å². The van der Waals surface area contributed by atoms with E-state index >= 15 is 0 Å². The second-order valence-electron chi connectivity index (χ2n) is 6.94. The normalized spacial score (nSPS) is 10.8. The first-order chi connectivity index (χ1) is 14.4. The maximum Gasteiger partial charge on any atom is 0.257 e. The van der Waals surface area contributed by atoms with Crippen LogP contribution in [0.5, 0.6) is 0 Å². The first kappa shape index (κ1) is 19.7. The molecule has 3 aromatic carbocycles. The number of amides is 1. The van der Waals surface area contributed by atoms with Crippen molar-refractivity contribution in [3.8, 4) is 11.5 Å². The van der Waals surface area contributed by atoms with Crippen LogP contribution in [-0.2, 0) is 0 Å². The van der Waals surface area contributed by atoms with Crippen LogP contribution in [0, 0.1) is 19.7 Å². The Morgan fingerprint density at radius 1 is 1.07 bits per heavy atom. The van der Waals surface area contributed by atoms with Crippen LogP contribution in [0.15, 0.2) is 65.1 Å². The average Bonchev–Trinajstić information content (AvgIpc) is 3.12. The molecule has 0 radical (unpaired) electrons. The van der Waals surface area contributed by atoms with Crippen molar-refractivity contribution in [3.05, 3.63) is 83.2 Å². The van der Waals surface area contributed by atoms with Gasteiger partial charge in [0.2, 0.25) is 5.89 Å². The van der Waals surface area contributed by atoms with Gasteiger partial charge in [-0.15, -0.1) is 0 Å². The average molecular weight is 419 g/mol. The highest BCUT2D eigenvalue weighted by Gasteiger charge is 2.13. The number of hydrogen-bond acceptors (Lipinski definition) is 4. The summed E-state index contributed by atoms with van der Waals surface area (Å²) in [6, 6.07) is 16.9. The monoisotopic (exact) mass is 419 g/mol. The number of oxazole rings is 1. The highest BCUT2D eigenvalue weighted by Crippen LogP contribution is 2.28. The number of nitrogens with one attached hydrogen (secondary N) is 2. The van der Waals surface area contributed by atoms with Crippen LogP contribution in [0.1, 0.15) is 21.5 Å². The topological polar surface area (TPSA) is 67.2 Å². The van der Waals surface area contributed by atoms with Crippen molar-refractivity contribution in [2.24, 2.45) is 0 Å². The van der Waals surface area contributed by atoms with E-state index in [0.717, 1.165) is 33.9 Å². The molecule has 1 heterocycles. The molecule has 0 aliphatic heterocycles. The molecule has 0 fully saturated rings. The summed E-state index contributed by atoms with van der Waals surface area (Å²) in [6.07, 6.45) is 0. The number of benzene rings is 3. The lowest BCUT2D eigenvalue weighted by molar-refractivity contribution is 0.0977. The van der Waals surface area contributed by atoms with Crippen molar-refractivity contribution >= 4 is 40.0 Å². The summed E-state index contributed by atoms with van der Waals surface area (Å²) in [5, 5.41) is 5.69. The quantitative estimate of drug-likeness (QED) is 0.437. The van der Waals surface area contributed by atoms with E-state index in [1.807, 2.05) is 50.2 Å². The Morgan fingerprint density at radius 2 is 1.90 bits per heavy atom. The van der Waals surface area contributed by atoms with Crippen molar-refractivity contribution in [2.75, 3.05) is 5.32 Å². The molecule has 0 aliphatic rings. The molecule has 7 heteroatoms. The molecule has 0 atom stereocenters. The van der Waals surface area contributed by atoms with Gasteiger partial charge in [-0.2, -0.15) is 0 Å². The van der Waals surface area contributed by atoms with Gasteiger partial charge in [0.1, 0.15) is 11.3 Å². The molecule has 0 saturated carbocycles. The largest absolute Gasteiger partial charge is 0.436 e. The van der Waals surface area contributed by atoms with Gasteiger partial charge < -0.3 is 9.73 Å². The van der Waals surface area contributed by atoms with E-state index in [0.29, 0.717) is 11.6 Å². The lowest BCUT2D eigenvalue weighted by atomic mass is 10.1. The van der Waals surface area contributed by atoms with Crippen molar-refractivity contribution in [1.29, 1.82) is 0 Å². The number of carbonyl (C=O) groups excluding carboxylic acids is 1. The van der Waals surface area contributed by atoms with Crippen LogP contribution in [0.3, 0.4) is 0 Å². The summed E-state index contributed by atoms with van der Waals surface area (Å²) >= 11 is 5.26. The molecule has 4 aromatic rings. The maximum atomic E-state index is 13.3. The first-order valence-electron chi connectivity index (χ1n) is 9.25. The predicted molar refractivity (Wildman–Crippen MR) is 119 cm³/mol. The summed E-state index contributed by atoms with van der Waals surface area (Å²) in [5.74, 6) is -0.484. The zero-order valence-corrected chi connectivity index (χ0v) is 17.1. The Hall–Kier alpha value is -3.58. The van der Waals surface area contributed by atoms with E-state index in [9.17, 15) is 9.18 Å². The van der Waals surface area contributed by atoms with E-state index in [1.54, 1.807) is 0 Å². The summed E-state index contributed by atoms with van der Waals surface area (Å²) in [7, 11) is 0. The minimum Gasteiger partial charge on any atom is -0.436 e. The number of carbonyl (C=O) groups is 1. The lowest BCUT2D eigenvalue weighted by Gasteiger charge is -2.12. The van der Waals surface area contributed by atoms with Crippen molar-refractivity contribution in [1.82, 2.24) is 10.3 Å². The number of thiocarbonyl (C=S) groups is 1. The smallest absolute Gasteiger partial charge is 0.257 e. The van der Waals surface area contributed by atoms with Gasteiger partial charge in [0.25, 0.3) is 5.91 Å². The molecule has 0 unspecified atom stereocenters. The molecule has 2 N–H and O–H groups in total. The molecular formula is C23H18FN3O2S. The lowest BCUT2D eigenvalue weighted by Crippen LogP contribution is -2.34. The predicted octanol–water partition coefficient (Wildman–Crippen LogP) is 5.38. The van der Waals surface area contributed by atoms with Gasteiger partial charge >= 0.3 is 0 Å². The van der Waals surface area contributed by atoms with Crippen molar-refractivity contribution < 1.29 is 13.6 Å². The number of halogens is 1. The van der Waals surface area contributed by atoms with Gasteiger partial charge in [0, 0.05) is 16.8 Å². The fraction of sp³-hybridized carbons (Fsp3) is 0.0870. The van der Waals surface area contributed by atoms with Gasteiger partial charge in [-0.05, 0) is 79.7 Å².